The van der Waals surface area contributed by atoms with Gasteiger partial charge in [0.05, 0.1) is 0 Å². The third-order valence-corrected chi connectivity index (χ3v) is 3.59. The minimum Gasteiger partial charge on any atom is -0.508 e. The summed E-state index contributed by atoms with van der Waals surface area (Å²) in [6, 6.07) is 8.40. The molecular formula is C14H23NO. The molecule has 1 aromatic carbocycles. The molecular weight excluding hydrogens is 198 g/mol. The average Bonchev–Trinajstić information content (AvgIpc) is 2.27. The molecule has 0 saturated heterocycles. The lowest BCUT2D eigenvalue weighted by Gasteiger charge is -2.33. The Morgan fingerprint density at radius 1 is 1.00 bits per heavy atom. The Morgan fingerprint density at radius 2 is 1.50 bits per heavy atom. The predicted molar refractivity (Wildman–Crippen MR) is 68.6 cm³/mol. The van der Waals surface area contributed by atoms with Crippen molar-refractivity contribution < 1.29 is 5.11 Å². The standard InChI is InChI=1S/C14H23NO/c1-10(2)11(3)15(5)12(4)13-6-8-14(16)9-7-13/h6-12,16H,1-5H3. The van der Waals surface area contributed by atoms with E-state index in [1.54, 1.807) is 12.1 Å². The molecule has 0 fully saturated rings. The van der Waals surface area contributed by atoms with Crippen LogP contribution in [-0.4, -0.2) is 23.1 Å². The maximum absolute atomic E-state index is 9.26. The molecule has 2 heteroatoms. The van der Waals surface area contributed by atoms with Crippen molar-refractivity contribution in [1.29, 1.82) is 0 Å². The van der Waals surface area contributed by atoms with Gasteiger partial charge in [0.25, 0.3) is 0 Å². The van der Waals surface area contributed by atoms with E-state index < -0.39 is 0 Å². The van der Waals surface area contributed by atoms with Gasteiger partial charge in [-0.05, 0) is 44.5 Å². The first-order chi connectivity index (χ1) is 7.43. The monoisotopic (exact) mass is 221 g/mol. The van der Waals surface area contributed by atoms with Crippen LogP contribution in [0.4, 0.5) is 0 Å². The van der Waals surface area contributed by atoms with Crippen molar-refractivity contribution in [1.82, 2.24) is 4.90 Å². The first kappa shape index (κ1) is 13.0. The van der Waals surface area contributed by atoms with Crippen molar-refractivity contribution in [3.05, 3.63) is 29.8 Å². The Labute approximate surface area is 98.9 Å². The molecule has 2 nitrogen and oxygen atoms in total. The number of aromatic hydroxyl groups is 1. The largest absolute Gasteiger partial charge is 0.508 e. The molecule has 16 heavy (non-hydrogen) atoms. The molecule has 1 aromatic rings. The number of phenolic OH excluding ortho intramolecular Hbond substituents is 1. The van der Waals surface area contributed by atoms with Gasteiger partial charge in [0.15, 0.2) is 0 Å². The molecule has 1 N–H and O–H groups in total. The van der Waals surface area contributed by atoms with Crippen LogP contribution in [0.3, 0.4) is 0 Å². The second-order valence-corrected chi connectivity index (χ2v) is 4.92. The Morgan fingerprint density at radius 3 is 1.94 bits per heavy atom. The summed E-state index contributed by atoms with van der Waals surface area (Å²) in [5, 5.41) is 9.26. The second-order valence-electron chi connectivity index (χ2n) is 4.92. The third-order valence-electron chi connectivity index (χ3n) is 3.59. The lowest BCUT2D eigenvalue weighted by atomic mass is 10.0. The minimum absolute atomic E-state index is 0.329. The fourth-order valence-corrected chi connectivity index (χ4v) is 1.81. The van der Waals surface area contributed by atoms with E-state index in [2.05, 4.69) is 39.6 Å². The second kappa shape index (κ2) is 5.35. The van der Waals surface area contributed by atoms with Gasteiger partial charge in [0, 0.05) is 12.1 Å². The van der Waals surface area contributed by atoms with Crippen LogP contribution in [0, 0.1) is 5.92 Å². The van der Waals surface area contributed by atoms with E-state index in [0.29, 0.717) is 23.8 Å². The van der Waals surface area contributed by atoms with Crippen LogP contribution in [0.2, 0.25) is 0 Å². The van der Waals surface area contributed by atoms with Crippen molar-refractivity contribution in [2.75, 3.05) is 7.05 Å². The Kier molecular flexibility index (Phi) is 4.36. The van der Waals surface area contributed by atoms with Crippen LogP contribution >= 0.6 is 0 Å². The molecule has 1 rings (SSSR count). The molecule has 0 heterocycles. The normalized spacial score (nSPS) is 15.4. The molecule has 90 valence electrons. The Balaban J connectivity index is 2.77. The summed E-state index contributed by atoms with van der Waals surface area (Å²) < 4.78 is 0. The molecule has 2 atom stereocenters. The molecule has 0 amide bonds. The number of hydrogen-bond acceptors (Lipinski definition) is 2. The van der Waals surface area contributed by atoms with Crippen LogP contribution in [-0.2, 0) is 0 Å². The van der Waals surface area contributed by atoms with Gasteiger partial charge >= 0.3 is 0 Å². The first-order valence-electron chi connectivity index (χ1n) is 5.94. The maximum Gasteiger partial charge on any atom is 0.115 e. The van der Waals surface area contributed by atoms with E-state index >= 15 is 0 Å². The van der Waals surface area contributed by atoms with Gasteiger partial charge in [-0.1, -0.05) is 26.0 Å². The van der Waals surface area contributed by atoms with Gasteiger partial charge in [-0.15, -0.1) is 0 Å². The lowest BCUT2D eigenvalue weighted by molar-refractivity contribution is 0.158. The van der Waals surface area contributed by atoms with Crippen LogP contribution in [0.15, 0.2) is 24.3 Å². The zero-order valence-corrected chi connectivity index (χ0v) is 10.9. The summed E-state index contributed by atoms with van der Waals surface area (Å²) >= 11 is 0. The van der Waals surface area contributed by atoms with Crippen molar-refractivity contribution in [2.45, 2.75) is 39.8 Å². The summed E-state index contributed by atoms with van der Waals surface area (Å²) in [6.45, 7) is 8.93. The Bertz CT molecular complexity index is 318. The number of hydrogen-bond donors (Lipinski definition) is 1. The highest BCUT2D eigenvalue weighted by molar-refractivity contribution is 5.27. The highest BCUT2D eigenvalue weighted by Gasteiger charge is 2.19. The van der Waals surface area contributed by atoms with Crippen LogP contribution in [0.1, 0.15) is 39.3 Å². The number of benzene rings is 1. The summed E-state index contributed by atoms with van der Waals surface area (Å²) in [7, 11) is 2.15. The van der Waals surface area contributed by atoms with Crippen molar-refractivity contribution in [3.63, 3.8) is 0 Å². The first-order valence-corrected chi connectivity index (χ1v) is 5.94. The minimum atomic E-state index is 0.329. The number of phenols is 1. The zero-order valence-electron chi connectivity index (χ0n) is 10.9. The summed E-state index contributed by atoms with van der Waals surface area (Å²) in [5.41, 5.74) is 1.24. The highest BCUT2D eigenvalue weighted by atomic mass is 16.3. The van der Waals surface area contributed by atoms with E-state index in [1.807, 2.05) is 12.1 Å². The van der Waals surface area contributed by atoms with Crippen LogP contribution in [0.5, 0.6) is 5.75 Å². The van der Waals surface area contributed by atoms with E-state index in [-0.39, 0.29) is 0 Å². The van der Waals surface area contributed by atoms with E-state index in [0.717, 1.165) is 0 Å². The zero-order chi connectivity index (χ0) is 12.3. The van der Waals surface area contributed by atoms with E-state index in [4.69, 9.17) is 0 Å². The third kappa shape index (κ3) is 2.99. The molecule has 0 spiro atoms. The van der Waals surface area contributed by atoms with Gasteiger partial charge in [-0.2, -0.15) is 0 Å². The fourth-order valence-electron chi connectivity index (χ4n) is 1.81. The quantitative estimate of drug-likeness (QED) is 0.842. The van der Waals surface area contributed by atoms with Gasteiger partial charge in [0.2, 0.25) is 0 Å². The van der Waals surface area contributed by atoms with Gasteiger partial charge in [-0.25, -0.2) is 0 Å². The van der Waals surface area contributed by atoms with Crippen molar-refractivity contribution in [2.24, 2.45) is 5.92 Å². The van der Waals surface area contributed by atoms with Crippen LogP contribution in [0.25, 0.3) is 0 Å². The van der Waals surface area contributed by atoms with Crippen LogP contribution < -0.4 is 0 Å². The molecule has 0 radical (unpaired) electrons. The molecule has 0 saturated carbocycles. The Hall–Kier alpha value is -1.02. The maximum atomic E-state index is 9.26. The predicted octanol–water partition coefficient (Wildman–Crippen LogP) is 3.43. The number of nitrogens with zero attached hydrogens (tertiary/aromatic N) is 1. The smallest absolute Gasteiger partial charge is 0.115 e. The molecule has 0 aromatic heterocycles. The van der Waals surface area contributed by atoms with Gasteiger partial charge in [-0.3, -0.25) is 4.90 Å². The SMILES string of the molecule is CC(C)C(C)N(C)C(C)c1ccc(O)cc1. The molecule has 0 bridgehead atoms. The average molecular weight is 221 g/mol. The summed E-state index contributed by atoms with van der Waals surface area (Å²) in [5.74, 6) is 0.972. The molecule has 0 aliphatic rings. The van der Waals surface area contributed by atoms with Gasteiger partial charge < -0.3 is 5.11 Å². The highest BCUT2D eigenvalue weighted by Crippen LogP contribution is 2.24. The van der Waals surface area contributed by atoms with E-state index in [1.165, 1.54) is 5.56 Å². The summed E-state index contributed by atoms with van der Waals surface area (Å²) in [4.78, 5) is 2.37. The van der Waals surface area contributed by atoms with Gasteiger partial charge in [0.1, 0.15) is 5.75 Å². The lowest BCUT2D eigenvalue weighted by Crippen LogP contribution is -2.35. The molecule has 0 aliphatic heterocycles. The molecule has 0 aliphatic carbocycles. The topological polar surface area (TPSA) is 23.5 Å². The molecule has 2 unspecified atom stereocenters. The van der Waals surface area contributed by atoms with E-state index in [9.17, 15) is 5.11 Å². The van der Waals surface area contributed by atoms with Crippen molar-refractivity contribution in [3.8, 4) is 5.75 Å². The van der Waals surface area contributed by atoms with Crippen molar-refractivity contribution >= 4 is 0 Å². The number of rotatable bonds is 4. The fraction of sp³-hybridized carbons (Fsp3) is 0.571. The summed E-state index contributed by atoms with van der Waals surface area (Å²) in [6.07, 6.45) is 0.